The van der Waals surface area contributed by atoms with Gasteiger partial charge in [0.05, 0.1) is 0 Å². The number of hydrogen-bond acceptors (Lipinski definition) is 0. The van der Waals surface area contributed by atoms with Crippen LogP contribution in [0.2, 0.25) is 0 Å². The van der Waals surface area contributed by atoms with Crippen molar-refractivity contribution in [1.29, 1.82) is 0 Å². The molecule has 0 heterocycles. The summed E-state index contributed by atoms with van der Waals surface area (Å²) in [5.41, 5.74) is 4.47. The second-order valence-corrected chi connectivity index (χ2v) is 11.0. The molecule has 0 nitrogen and oxygen atoms in total. The Morgan fingerprint density at radius 2 is 1.93 bits per heavy atom. The second kappa shape index (κ2) is 7.00. The molecule has 2 rings (SSSR count). The third-order valence-corrected chi connectivity index (χ3v) is 2.29. The maximum atomic E-state index is 3.19. The first-order chi connectivity index (χ1) is 6.81. The summed E-state index contributed by atoms with van der Waals surface area (Å²) >= 11 is 6.50. The molecule has 0 aliphatic heterocycles. The van der Waals surface area contributed by atoms with Gasteiger partial charge in [0.15, 0.2) is 0 Å². The van der Waals surface area contributed by atoms with E-state index in [-0.39, 0.29) is 15.0 Å². The monoisotopic (exact) mass is 350 g/mol. The van der Waals surface area contributed by atoms with Crippen molar-refractivity contribution in [3.05, 3.63) is 41.0 Å². The van der Waals surface area contributed by atoms with E-state index >= 15 is 0 Å². The second-order valence-electron chi connectivity index (χ2n) is 3.10. The molecule has 0 fully saturated rings. The summed E-state index contributed by atoms with van der Waals surface area (Å²) in [7, 11) is 0. The predicted octanol–water partition coefficient (Wildman–Crippen LogP) is 4.72. The summed E-state index contributed by atoms with van der Waals surface area (Å²) in [6, 6.07) is 8.63. The zero-order valence-electron chi connectivity index (χ0n) is 8.06. The number of rotatable bonds is 1. The van der Waals surface area contributed by atoms with E-state index in [0.29, 0.717) is 0 Å². The Balaban J connectivity index is 0.000000293. The van der Waals surface area contributed by atoms with Gasteiger partial charge in [0.2, 0.25) is 0 Å². The zero-order chi connectivity index (χ0) is 10.4. The molecule has 14 heavy (non-hydrogen) atoms. The van der Waals surface area contributed by atoms with E-state index in [9.17, 15) is 0 Å². The van der Waals surface area contributed by atoms with Gasteiger partial charge in [-0.3, -0.25) is 0 Å². The van der Waals surface area contributed by atoms with Crippen LogP contribution in [0.15, 0.2) is 29.8 Å². The maximum absolute atomic E-state index is 3.19. The third-order valence-electron chi connectivity index (χ3n) is 2.29. The Bertz CT molecular complexity index is 321. The van der Waals surface area contributed by atoms with Crippen molar-refractivity contribution in [2.45, 2.75) is 19.8 Å². The van der Waals surface area contributed by atoms with Gasteiger partial charge in [-0.2, -0.15) is 0 Å². The standard InChI is InChI=1S/C11H12.2BrH.Ti/c1-2-9-7-10-5-3-4-6-11(10)8-9;;;/h3-7H,2,8H2,1H3;2*1H;/q;;;+2/p-2. The van der Waals surface area contributed by atoms with Crippen LogP contribution in [0.3, 0.4) is 0 Å². The topological polar surface area (TPSA) is 0 Å². The van der Waals surface area contributed by atoms with Crippen molar-refractivity contribution in [2.75, 3.05) is 0 Å². The Kier molecular flexibility index (Phi) is 6.35. The van der Waals surface area contributed by atoms with Gasteiger partial charge in [0, 0.05) is 0 Å². The van der Waals surface area contributed by atoms with E-state index < -0.39 is 0 Å². The zero-order valence-corrected chi connectivity index (χ0v) is 12.8. The Hall–Kier alpha value is 0.634. The van der Waals surface area contributed by atoms with Crippen LogP contribution in [0.1, 0.15) is 24.5 Å². The summed E-state index contributed by atoms with van der Waals surface area (Å²) in [6.07, 6.45) is 4.68. The van der Waals surface area contributed by atoms with Gasteiger partial charge in [0.25, 0.3) is 0 Å². The molecule has 0 atom stereocenters. The van der Waals surface area contributed by atoms with Crippen LogP contribution in [0.4, 0.5) is 0 Å². The number of benzene rings is 1. The van der Waals surface area contributed by atoms with Crippen molar-refractivity contribution in [3.8, 4) is 0 Å². The van der Waals surface area contributed by atoms with E-state index in [1.54, 1.807) is 5.57 Å². The van der Waals surface area contributed by atoms with Gasteiger partial charge < -0.3 is 0 Å². The van der Waals surface area contributed by atoms with Crippen LogP contribution in [0, 0.1) is 0 Å². The Morgan fingerprint density at radius 1 is 1.29 bits per heavy atom. The van der Waals surface area contributed by atoms with Gasteiger partial charge in [-0.25, -0.2) is 0 Å². The molecule has 1 aromatic carbocycles. The van der Waals surface area contributed by atoms with Gasteiger partial charge in [-0.05, 0) is 24.0 Å². The number of halogens is 2. The first kappa shape index (κ1) is 12.7. The molecule has 1 aliphatic carbocycles. The van der Waals surface area contributed by atoms with Crippen LogP contribution in [-0.4, -0.2) is 0 Å². The van der Waals surface area contributed by atoms with E-state index in [1.807, 2.05) is 0 Å². The molecule has 0 spiro atoms. The van der Waals surface area contributed by atoms with Gasteiger partial charge in [0.1, 0.15) is 0 Å². The average molecular weight is 352 g/mol. The third kappa shape index (κ3) is 3.65. The van der Waals surface area contributed by atoms with Crippen LogP contribution < -0.4 is 0 Å². The van der Waals surface area contributed by atoms with E-state index in [4.69, 9.17) is 0 Å². The first-order valence-electron chi connectivity index (χ1n) is 4.55. The fraction of sp³-hybridized carbons (Fsp3) is 0.273. The van der Waals surface area contributed by atoms with E-state index in [1.165, 1.54) is 24.0 Å². The fourth-order valence-electron chi connectivity index (χ4n) is 1.58. The van der Waals surface area contributed by atoms with Crippen molar-refractivity contribution in [3.63, 3.8) is 0 Å². The molecule has 1 aliphatic rings. The molecule has 1 aromatic rings. The van der Waals surface area contributed by atoms with Gasteiger partial charge in [-0.15, -0.1) is 0 Å². The molecular formula is C11H12Br2Ti. The fourth-order valence-corrected chi connectivity index (χ4v) is 1.58. The van der Waals surface area contributed by atoms with E-state index in [0.717, 1.165) is 0 Å². The minimum absolute atomic E-state index is 0.125. The quantitative estimate of drug-likeness (QED) is 0.642. The summed E-state index contributed by atoms with van der Waals surface area (Å²) in [5, 5.41) is 0. The summed E-state index contributed by atoms with van der Waals surface area (Å²) in [4.78, 5) is 0. The predicted molar refractivity (Wildman–Crippen MR) is 66.3 cm³/mol. The molecule has 74 valence electrons. The molecule has 3 heteroatoms. The van der Waals surface area contributed by atoms with Crippen molar-refractivity contribution >= 4 is 32.4 Å². The number of fused-ring (bicyclic) bond motifs is 1. The van der Waals surface area contributed by atoms with Crippen molar-refractivity contribution in [1.82, 2.24) is 0 Å². The molecule has 0 saturated heterocycles. The molecule has 0 N–H and O–H groups in total. The SMILES string of the molecule is CCC1=Cc2ccccc2C1.[Br][Ti][Br]. The van der Waals surface area contributed by atoms with Gasteiger partial charge >= 0.3 is 41.3 Å². The molecule has 0 unspecified atom stereocenters. The van der Waals surface area contributed by atoms with Crippen LogP contribution >= 0.6 is 26.3 Å². The average Bonchev–Trinajstić information content (AvgIpc) is 2.61. The van der Waals surface area contributed by atoms with Gasteiger partial charge in [-0.1, -0.05) is 42.8 Å². The van der Waals surface area contributed by atoms with Crippen molar-refractivity contribution < 1.29 is 15.0 Å². The van der Waals surface area contributed by atoms with Crippen LogP contribution in [0.25, 0.3) is 6.08 Å². The van der Waals surface area contributed by atoms with E-state index in [2.05, 4.69) is 63.6 Å². The Labute approximate surface area is 107 Å². The normalized spacial score (nSPS) is 12.4. The molecule has 0 bridgehead atoms. The number of hydrogen-bond donors (Lipinski definition) is 0. The molecular weight excluding hydrogens is 340 g/mol. The van der Waals surface area contributed by atoms with Crippen molar-refractivity contribution in [2.24, 2.45) is 0 Å². The summed E-state index contributed by atoms with van der Waals surface area (Å²) < 4.78 is 0. The van der Waals surface area contributed by atoms with Crippen LogP contribution in [0.5, 0.6) is 0 Å². The molecule has 0 radical (unpaired) electrons. The number of allylic oxidation sites excluding steroid dienone is 1. The molecule has 0 amide bonds. The Morgan fingerprint density at radius 3 is 2.50 bits per heavy atom. The van der Waals surface area contributed by atoms with Crippen LogP contribution in [-0.2, 0) is 21.4 Å². The summed E-state index contributed by atoms with van der Waals surface area (Å²) in [5.74, 6) is 0. The molecule has 0 saturated carbocycles. The molecule has 0 aromatic heterocycles. The minimum atomic E-state index is 0.125. The summed E-state index contributed by atoms with van der Waals surface area (Å²) in [6.45, 7) is 2.22. The first-order valence-corrected chi connectivity index (χ1v) is 12.3.